The van der Waals surface area contributed by atoms with Crippen molar-refractivity contribution in [2.45, 2.75) is 0 Å². The van der Waals surface area contributed by atoms with Crippen LogP contribution in [0.5, 0.6) is 11.5 Å². The number of carbonyl (C=O) groups is 1. The number of ether oxygens (including phenoxy) is 1. The average Bonchev–Trinajstić information content (AvgIpc) is 2.65. The van der Waals surface area contributed by atoms with E-state index in [2.05, 4.69) is 10.5 Å². The molecule has 3 rings (SSSR count). The van der Waals surface area contributed by atoms with Crippen molar-refractivity contribution >= 4 is 29.5 Å². The monoisotopic (exact) mass is 366 g/mol. The first-order valence-electron chi connectivity index (χ1n) is 7.77. The Balaban J connectivity index is 1.62. The summed E-state index contributed by atoms with van der Waals surface area (Å²) in [7, 11) is 0. The largest absolute Gasteiger partial charge is 0.478 e. The number of hydrogen-bond donors (Lipinski definition) is 2. The number of carboxylic acids is 1. The Hall–Kier alpha value is -3.31. The van der Waals surface area contributed by atoms with Gasteiger partial charge in [-0.2, -0.15) is 5.10 Å². The van der Waals surface area contributed by atoms with Crippen molar-refractivity contribution in [2.24, 2.45) is 5.10 Å². The minimum Gasteiger partial charge on any atom is -0.478 e. The van der Waals surface area contributed by atoms with Gasteiger partial charge in [0.25, 0.3) is 0 Å². The zero-order valence-corrected chi connectivity index (χ0v) is 14.4. The van der Waals surface area contributed by atoms with Gasteiger partial charge in [0.15, 0.2) is 0 Å². The molecule has 0 aliphatic rings. The molecule has 3 aromatic carbocycles. The second-order valence-electron chi connectivity index (χ2n) is 5.35. The lowest BCUT2D eigenvalue weighted by molar-refractivity contribution is 0.0697. The lowest BCUT2D eigenvalue weighted by Crippen LogP contribution is -1.99. The van der Waals surface area contributed by atoms with Crippen LogP contribution in [0.4, 0.5) is 5.69 Å². The molecule has 0 atom stereocenters. The van der Waals surface area contributed by atoms with E-state index >= 15 is 0 Å². The second kappa shape index (κ2) is 8.18. The van der Waals surface area contributed by atoms with Crippen molar-refractivity contribution in [2.75, 3.05) is 5.43 Å². The lowest BCUT2D eigenvalue weighted by atomic mass is 10.2. The van der Waals surface area contributed by atoms with Crippen molar-refractivity contribution < 1.29 is 14.6 Å². The Bertz CT molecular complexity index is 926. The number of rotatable bonds is 6. The number of benzene rings is 3. The Labute approximate surface area is 155 Å². The molecule has 0 radical (unpaired) electrons. The minimum absolute atomic E-state index is 0.0225. The molecule has 0 bridgehead atoms. The number of hydrazone groups is 1. The van der Waals surface area contributed by atoms with Crippen molar-refractivity contribution in [3.8, 4) is 11.5 Å². The summed E-state index contributed by atoms with van der Waals surface area (Å²) in [5, 5.41) is 13.3. The van der Waals surface area contributed by atoms with Gasteiger partial charge >= 0.3 is 5.97 Å². The van der Waals surface area contributed by atoms with Gasteiger partial charge in [-0.25, -0.2) is 4.79 Å². The third-order valence-corrected chi connectivity index (χ3v) is 3.79. The standard InChI is InChI=1S/C20H15ClN2O3/c21-19-11-8-15(12-18(19)20(24)25)23-22-13-14-6-9-17(10-7-14)26-16-4-2-1-3-5-16/h1-13,23H,(H,24,25)/b22-13+. The van der Waals surface area contributed by atoms with Gasteiger partial charge in [-0.15, -0.1) is 0 Å². The van der Waals surface area contributed by atoms with Crippen molar-refractivity contribution in [1.29, 1.82) is 0 Å². The van der Waals surface area contributed by atoms with Gasteiger partial charge in [-0.3, -0.25) is 5.43 Å². The summed E-state index contributed by atoms with van der Waals surface area (Å²) in [5.41, 5.74) is 4.21. The van der Waals surface area contributed by atoms with E-state index in [9.17, 15) is 4.79 Å². The van der Waals surface area contributed by atoms with E-state index in [-0.39, 0.29) is 10.6 Å². The van der Waals surface area contributed by atoms with Crippen LogP contribution in [-0.2, 0) is 0 Å². The molecule has 5 nitrogen and oxygen atoms in total. The molecule has 0 saturated heterocycles. The molecule has 6 heteroatoms. The maximum atomic E-state index is 11.1. The molecule has 0 amide bonds. The first-order valence-corrected chi connectivity index (χ1v) is 8.14. The highest BCUT2D eigenvalue weighted by molar-refractivity contribution is 6.33. The molecule has 3 aromatic rings. The van der Waals surface area contributed by atoms with Gasteiger partial charge in [-0.1, -0.05) is 29.8 Å². The van der Waals surface area contributed by atoms with Crippen LogP contribution in [0.3, 0.4) is 0 Å². The van der Waals surface area contributed by atoms with E-state index in [0.717, 1.165) is 17.1 Å². The second-order valence-corrected chi connectivity index (χ2v) is 5.76. The average molecular weight is 367 g/mol. The number of para-hydroxylation sites is 1. The molecule has 130 valence electrons. The summed E-state index contributed by atoms with van der Waals surface area (Å²) < 4.78 is 5.73. The maximum absolute atomic E-state index is 11.1. The molecule has 0 heterocycles. The quantitative estimate of drug-likeness (QED) is 0.460. The first kappa shape index (κ1) is 17.5. The first-order chi connectivity index (χ1) is 12.6. The molecule has 0 spiro atoms. The van der Waals surface area contributed by atoms with Crippen LogP contribution in [0.25, 0.3) is 0 Å². The number of aromatic carboxylic acids is 1. The zero-order valence-electron chi connectivity index (χ0n) is 13.6. The zero-order chi connectivity index (χ0) is 18.4. The highest BCUT2D eigenvalue weighted by Crippen LogP contribution is 2.22. The SMILES string of the molecule is O=C(O)c1cc(N/N=C/c2ccc(Oc3ccccc3)cc2)ccc1Cl. The molecular formula is C20H15ClN2O3. The highest BCUT2D eigenvalue weighted by atomic mass is 35.5. The van der Waals surface area contributed by atoms with E-state index in [1.165, 1.54) is 12.1 Å². The minimum atomic E-state index is -1.09. The summed E-state index contributed by atoms with van der Waals surface area (Å²) in [4.78, 5) is 11.1. The Morgan fingerprint density at radius 2 is 1.69 bits per heavy atom. The van der Waals surface area contributed by atoms with Crippen LogP contribution in [0, 0.1) is 0 Å². The molecule has 0 aromatic heterocycles. The summed E-state index contributed by atoms with van der Waals surface area (Å²) in [6.45, 7) is 0. The van der Waals surface area contributed by atoms with Crippen LogP contribution < -0.4 is 10.2 Å². The van der Waals surface area contributed by atoms with Crippen LogP contribution in [0.15, 0.2) is 77.9 Å². The van der Waals surface area contributed by atoms with Gasteiger partial charge in [0.05, 0.1) is 22.5 Å². The molecule has 0 saturated carbocycles. The third-order valence-electron chi connectivity index (χ3n) is 3.46. The van der Waals surface area contributed by atoms with Crippen molar-refractivity contribution in [3.05, 3.63) is 88.9 Å². The normalized spacial score (nSPS) is 10.7. The van der Waals surface area contributed by atoms with Crippen LogP contribution in [-0.4, -0.2) is 17.3 Å². The number of nitrogens with zero attached hydrogens (tertiary/aromatic N) is 1. The number of carboxylic acid groups (broad SMARTS) is 1. The van der Waals surface area contributed by atoms with Gasteiger partial charge in [0.2, 0.25) is 0 Å². The Morgan fingerprint density at radius 3 is 2.38 bits per heavy atom. The van der Waals surface area contributed by atoms with E-state index in [0.29, 0.717) is 5.69 Å². The Kier molecular flexibility index (Phi) is 5.51. The lowest BCUT2D eigenvalue weighted by Gasteiger charge is -2.05. The molecule has 0 aliphatic carbocycles. The fourth-order valence-corrected chi connectivity index (χ4v) is 2.38. The predicted octanol–water partition coefficient (Wildman–Crippen LogP) is 5.28. The highest BCUT2D eigenvalue weighted by Gasteiger charge is 2.08. The Morgan fingerprint density at radius 1 is 1.00 bits per heavy atom. The van der Waals surface area contributed by atoms with E-state index < -0.39 is 5.97 Å². The third kappa shape index (κ3) is 4.62. The smallest absolute Gasteiger partial charge is 0.337 e. The van der Waals surface area contributed by atoms with E-state index in [1.807, 2.05) is 54.6 Å². The molecule has 0 fully saturated rings. The topological polar surface area (TPSA) is 70.9 Å². The van der Waals surface area contributed by atoms with Gasteiger partial charge in [0.1, 0.15) is 11.5 Å². The summed E-state index contributed by atoms with van der Waals surface area (Å²) in [6.07, 6.45) is 1.63. The van der Waals surface area contributed by atoms with Crippen LogP contribution in [0.1, 0.15) is 15.9 Å². The molecule has 0 aliphatic heterocycles. The summed E-state index contributed by atoms with van der Waals surface area (Å²) in [5.74, 6) is 0.411. The van der Waals surface area contributed by atoms with Crippen LogP contribution >= 0.6 is 11.6 Å². The predicted molar refractivity (Wildman–Crippen MR) is 103 cm³/mol. The van der Waals surface area contributed by atoms with E-state index in [4.69, 9.17) is 21.4 Å². The molecule has 0 unspecified atom stereocenters. The van der Waals surface area contributed by atoms with Gasteiger partial charge in [0, 0.05) is 0 Å². The van der Waals surface area contributed by atoms with Crippen molar-refractivity contribution in [1.82, 2.24) is 0 Å². The number of halogens is 1. The van der Waals surface area contributed by atoms with Crippen LogP contribution in [0.2, 0.25) is 5.02 Å². The number of hydrogen-bond acceptors (Lipinski definition) is 4. The van der Waals surface area contributed by atoms with Gasteiger partial charge < -0.3 is 9.84 Å². The maximum Gasteiger partial charge on any atom is 0.337 e. The van der Waals surface area contributed by atoms with E-state index in [1.54, 1.807) is 12.3 Å². The molecule has 26 heavy (non-hydrogen) atoms. The summed E-state index contributed by atoms with van der Waals surface area (Å²) >= 11 is 5.84. The number of nitrogens with one attached hydrogen (secondary N) is 1. The van der Waals surface area contributed by atoms with Crippen molar-refractivity contribution in [3.63, 3.8) is 0 Å². The molecule has 2 N–H and O–H groups in total. The molecular weight excluding hydrogens is 352 g/mol. The summed E-state index contributed by atoms with van der Waals surface area (Å²) in [6, 6.07) is 21.6. The fourth-order valence-electron chi connectivity index (χ4n) is 2.19. The number of anilines is 1. The fraction of sp³-hybridized carbons (Fsp3) is 0. The van der Waals surface area contributed by atoms with Gasteiger partial charge in [-0.05, 0) is 60.2 Å².